The molecule has 3 heterocycles. The molecule has 27 heavy (non-hydrogen) atoms. The van der Waals surface area contributed by atoms with Gasteiger partial charge < -0.3 is 9.30 Å². The fourth-order valence-corrected chi connectivity index (χ4v) is 3.97. The molecule has 1 atom stereocenters. The molecule has 4 rings (SSSR count). The van der Waals surface area contributed by atoms with Crippen molar-refractivity contribution in [2.45, 2.75) is 31.6 Å². The summed E-state index contributed by atoms with van der Waals surface area (Å²) in [6, 6.07) is 10.2. The summed E-state index contributed by atoms with van der Waals surface area (Å²) in [5.74, 6) is -0.681. The largest absolute Gasteiger partial charge is 0.343 e. The SMILES string of the molecule is O=C(CC(c1ccccc1F)c1cnc2ccc(Cl)cn12)N1CCCCC1. The molecule has 1 saturated heterocycles. The van der Waals surface area contributed by atoms with Crippen LogP contribution in [0.15, 0.2) is 48.8 Å². The number of hydrogen-bond acceptors (Lipinski definition) is 2. The lowest BCUT2D eigenvalue weighted by molar-refractivity contribution is -0.132. The molecule has 0 N–H and O–H groups in total. The van der Waals surface area contributed by atoms with Crippen LogP contribution in [0, 0.1) is 5.82 Å². The minimum atomic E-state index is -0.422. The number of fused-ring (bicyclic) bond motifs is 1. The summed E-state index contributed by atoms with van der Waals surface area (Å²) in [7, 11) is 0. The van der Waals surface area contributed by atoms with E-state index in [4.69, 9.17) is 11.6 Å². The molecule has 0 radical (unpaired) electrons. The van der Waals surface area contributed by atoms with Crippen molar-refractivity contribution in [3.05, 3.63) is 70.9 Å². The maximum absolute atomic E-state index is 14.6. The van der Waals surface area contributed by atoms with Gasteiger partial charge >= 0.3 is 0 Å². The van der Waals surface area contributed by atoms with Gasteiger partial charge in [0, 0.05) is 37.8 Å². The van der Waals surface area contributed by atoms with Crippen LogP contribution in [-0.2, 0) is 4.79 Å². The number of halogens is 2. The summed E-state index contributed by atoms with van der Waals surface area (Å²) in [6.45, 7) is 1.56. The van der Waals surface area contributed by atoms with Gasteiger partial charge in [-0.05, 0) is 43.0 Å². The van der Waals surface area contributed by atoms with Crippen molar-refractivity contribution in [2.24, 2.45) is 0 Å². The van der Waals surface area contributed by atoms with E-state index in [2.05, 4.69) is 4.98 Å². The normalized spacial score (nSPS) is 15.9. The average Bonchev–Trinajstić information content (AvgIpc) is 3.10. The van der Waals surface area contributed by atoms with E-state index in [0.717, 1.165) is 43.7 Å². The topological polar surface area (TPSA) is 37.6 Å². The zero-order chi connectivity index (χ0) is 18.8. The molecule has 140 valence electrons. The highest BCUT2D eigenvalue weighted by molar-refractivity contribution is 6.30. The molecule has 0 aliphatic carbocycles. The predicted molar refractivity (Wildman–Crippen MR) is 103 cm³/mol. The minimum absolute atomic E-state index is 0.0555. The minimum Gasteiger partial charge on any atom is -0.343 e. The molecule has 1 amide bonds. The van der Waals surface area contributed by atoms with E-state index in [9.17, 15) is 9.18 Å². The third-order valence-corrected chi connectivity index (χ3v) is 5.45. The zero-order valence-electron chi connectivity index (χ0n) is 14.9. The first-order valence-electron chi connectivity index (χ1n) is 9.28. The maximum atomic E-state index is 14.6. The van der Waals surface area contributed by atoms with Gasteiger partial charge in [-0.1, -0.05) is 29.8 Å². The molecular formula is C21H21ClFN3O. The third-order valence-electron chi connectivity index (χ3n) is 5.22. The number of carbonyl (C=O) groups is 1. The second-order valence-corrected chi connectivity index (χ2v) is 7.41. The Hall–Kier alpha value is -2.40. The monoisotopic (exact) mass is 385 g/mol. The lowest BCUT2D eigenvalue weighted by Crippen LogP contribution is -2.36. The quantitative estimate of drug-likeness (QED) is 0.655. The molecule has 1 aromatic carbocycles. The van der Waals surface area contributed by atoms with Crippen molar-refractivity contribution in [1.82, 2.24) is 14.3 Å². The van der Waals surface area contributed by atoms with Gasteiger partial charge in [0.1, 0.15) is 11.5 Å². The number of likely N-dealkylation sites (tertiary alicyclic amines) is 1. The van der Waals surface area contributed by atoms with Crippen molar-refractivity contribution in [3.63, 3.8) is 0 Å². The number of pyridine rings is 1. The number of aromatic nitrogens is 2. The molecule has 1 unspecified atom stereocenters. The number of piperidine rings is 1. The summed E-state index contributed by atoms with van der Waals surface area (Å²) in [4.78, 5) is 19.2. The molecule has 0 saturated carbocycles. The van der Waals surface area contributed by atoms with E-state index in [1.165, 1.54) is 6.07 Å². The molecule has 1 aliphatic heterocycles. The Morgan fingerprint density at radius 1 is 1.15 bits per heavy atom. The van der Waals surface area contributed by atoms with Gasteiger partial charge in [0.05, 0.1) is 10.7 Å². The second kappa shape index (κ2) is 7.69. The highest BCUT2D eigenvalue weighted by Crippen LogP contribution is 2.32. The van der Waals surface area contributed by atoms with E-state index < -0.39 is 5.92 Å². The number of rotatable bonds is 4. The van der Waals surface area contributed by atoms with Gasteiger partial charge in [0.25, 0.3) is 0 Å². The van der Waals surface area contributed by atoms with E-state index in [-0.39, 0.29) is 18.1 Å². The molecule has 2 aromatic heterocycles. The van der Waals surface area contributed by atoms with E-state index in [0.29, 0.717) is 10.6 Å². The van der Waals surface area contributed by atoms with Crippen molar-refractivity contribution < 1.29 is 9.18 Å². The van der Waals surface area contributed by atoms with Crippen LogP contribution in [0.5, 0.6) is 0 Å². The van der Waals surface area contributed by atoms with Crippen LogP contribution < -0.4 is 0 Å². The summed E-state index contributed by atoms with van der Waals surface area (Å²) in [5, 5.41) is 0.566. The van der Waals surface area contributed by atoms with Gasteiger partial charge in [-0.2, -0.15) is 0 Å². The summed E-state index contributed by atoms with van der Waals surface area (Å²) >= 11 is 6.16. The first-order chi connectivity index (χ1) is 13.1. The number of imidazole rings is 1. The Morgan fingerprint density at radius 3 is 2.70 bits per heavy atom. The van der Waals surface area contributed by atoms with Crippen LogP contribution in [0.25, 0.3) is 5.65 Å². The first kappa shape index (κ1) is 18.0. The Morgan fingerprint density at radius 2 is 1.93 bits per heavy atom. The van der Waals surface area contributed by atoms with Crippen LogP contribution in [-0.4, -0.2) is 33.3 Å². The Labute approximate surface area is 162 Å². The summed E-state index contributed by atoms with van der Waals surface area (Å²) in [5.41, 5.74) is 1.99. The van der Waals surface area contributed by atoms with Crippen molar-refractivity contribution in [3.8, 4) is 0 Å². The lowest BCUT2D eigenvalue weighted by Gasteiger charge is -2.28. The first-order valence-corrected chi connectivity index (χ1v) is 9.66. The Kier molecular flexibility index (Phi) is 5.12. The predicted octanol–water partition coefficient (Wildman–Crippen LogP) is 4.66. The molecule has 0 spiro atoms. The number of benzene rings is 1. The van der Waals surface area contributed by atoms with Crippen LogP contribution in [0.3, 0.4) is 0 Å². The average molecular weight is 386 g/mol. The highest BCUT2D eigenvalue weighted by atomic mass is 35.5. The van der Waals surface area contributed by atoms with Crippen molar-refractivity contribution >= 4 is 23.2 Å². The zero-order valence-corrected chi connectivity index (χ0v) is 15.7. The number of carbonyl (C=O) groups excluding carboxylic acids is 1. The number of hydrogen-bond donors (Lipinski definition) is 0. The fourth-order valence-electron chi connectivity index (χ4n) is 3.81. The van der Waals surface area contributed by atoms with Gasteiger partial charge in [-0.15, -0.1) is 0 Å². The molecular weight excluding hydrogens is 365 g/mol. The van der Waals surface area contributed by atoms with E-state index >= 15 is 0 Å². The van der Waals surface area contributed by atoms with Crippen LogP contribution in [0.4, 0.5) is 4.39 Å². The smallest absolute Gasteiger partial charge is 0.223 e. The second-order valence-electron chi connectivity index (χ2n) is 6.98. The Bertz CT molecular complexity index is 965. The van der Waals surface area contributed by atoms with Crippen molar-refractivity contribution in [2.75, 3.05) is 13.1 Å². The molecule has 0 bridgehead atoms. The number of nitrogens with zero attached hydrogens (tertiary/aromatic N) is 3. The molecule has 3 aromatic rings. The maximum Gasteiger partial charge on any atom is 0.223 e. The van der Waals surface area contributed by atoms with Gasteiger partial charge in [0.2, 0.25) is 5.91 Å². The van der Waals surface area contributed by atoms with Gasteiger partial charge in [-0.25, -0.2) is 9.37 Å². The highest BCUT2D eigenvalue weighted by Gasteiger charge is 2.27. The van der Waals surface area contributed by atoms with Crippen molar-refractivity contribution in [1.29, 1.82) is 0 Å². The van der Waals surface area contributed by atoms with Crippen LogP contribution >= 0.6 is 11.6 Å². The number of amides is 1. The molecule has 1 aliphatic rings. The Balaban J connectivity index is 1.75. The van der Waals surface area contributed by atoms with Crippen LogP contribution in [0.2, 0.25) is 5.02 Å². The fraction of sp³-hybridized carbons (Fsp3) is 0.333. The molecule has 6 heteroatoms. The standard InChI is InChI=1S/C21H21ClFN3O/c22-15-8-9-20-24-13-19(26(20)14-15)17(16-6-2-3-7-18(16)23)12-21(27)25-10-4-1-5-11-25/h2-3,6-9,13-14,17H,1,4-5,10-12H2. The van der Waals surface area contributed by atoms with E-state index in [1.807, 2.05) is 15.4 Å². The van der Waals surface area contributed by atoms with Gasteiger partial charge in [0.15, 0.2) is 0 Å². The van der Waals surface area contributed by atoms with E-state index in [1.54, 1.807) is 36.7 Å². The van der Waals surface area contributed by atoms with Crippen LogP contribution in [0.1, 0.15) is 42.9 Å². The van der Waals surface area contributed by atoms with Gasteiger partial charge in [-0.3, -0.25) is 4.79 Å². The molecule has 4 nitrogen and oxygen atoms in total. The molecule has 1 fully saturated rings. The third kappa shape index (κ3) is 3.69. The summed E-state index contributed by atoms with van der Waals surface area (Å²) < 4.78 is 16.5. The summed E-state index contributed by atoms with van der Waals surface area (Å²) in [6.07, 6.45) is 6.90. The lowest BCUT2D eigenvalue weighted by atomic mass is 9.91.